The number of hydrogen-bond acceptors (Lipinski definition) is 3. The van der Waals surface area contributed by atoms with Gasteiger partial charge in [0.15, 0.2) is 11.5 Å². The predicted octanol–water partition coefficient (Wildman–Crippen LogP) is 4.03. The Labute approximate surface area is 149 Å². The van der Waals surface area contributed by atoms with E-state index in [0.717, 1.165) is 29.3 Å². The third-order valence-electron chi connectivity index (χ3n) is 4.74. The van der Waals surface area contributed by atoms with E-state index in [9.17, 15) is 4.79 Å². The van der Waals surface area contributed by atoms with Gasteiger partial charge in [-0.15, -0.1) is 0 Å². The van der Waals surface area contributed by atoms with Crippen LogP contribution in [-0.2, 0) is 5.54 Å². The van der Waals surface area contributed by atoms with E-state index >= 15 is 0 Å². The molecule has 0 bridgehead atoms. The van der Waals surface area contributed by atoms with Gasteiger partial charge in [-0.25, -0.2) is 0 Å². The third kappa shape index (κ3) is 2.77. The number of hydrogen-bond donors (Lipinski definition) is 1. The Kier molecular flexibility index (Phi) is 3.96. The summed E-state index contributed by atoms with van der Waals surface area (Å²) < 4.78 is 12.1. The lowest BCUT2D eigenvalue weighted by Crippen LogP contribution is -2.50. The van der Waals surface area contributed by atoms with Gasteiger partial charge in [-0.3, -0.25) is 4.79 Å². The number of benzene rings is 2. The van der Waals surface area contributed by atoms with Crippen LogP contribution in [0.4, 0.5) is 0 Å². The van der Waals surface area contributed by atoms with Gasteiger partial charge in [-0.1, -0.05) is 28.1 Å². The van der Waals surface area contributed by atoms with Crippen LogP contribution in [0.15, 0.2) is 46.9 Å². The van der Waals surface area contributed by atoms with Gasteiger partial charge < -0.3 is 14.8 Å². The van der Waals surface area contributed by atoms with Crippen molar-refractivity contribution in [2.45, 2.75) is 24.8 Å². The fraction of sp³-hybridized carbons (Fsp3) is 0.316. The summed E-state index contributed by atoms with van der Waals surface area (Å²) in [5, 5.41) is 3.24. The molecule has 0 saturated heterocycles. The second-order valence-electron chi connectivity index (χ2n) is 6.26. The summed E-state index contributed by atoms with van der Waals surface area (Å²) in [4.78, 5) is 12.8. The van der Waals surface area contributed by atoms with Gasteiger partial charge in [-0.05, 0) is 55.2 Å². The highest BCUT2D eigenvalue weighted by Gasteiger charge is 2.40. The Morgan fingerprint density at radius 1 is 1.04 bits per heavy atom. The second-order valence-corrected chi connectivity index (χ2v) is 7.17. The first kappa shape index (κ1) is 15.5. The van der Waals surface area contributed by atoms with Crippen molar-refractivity contribution in [3.63, 3.8) is 0 Å². The van der Waals surface area contributed by atoms with Gasteiger partial charge in [-0.2, -0.15) is 0 Å². The molecule has 1 N–H and O–H groups in total. The Hall–Kier alpha value is -2.01. The minimum Gasteiger partial charge on any atom is -0.486 e. The van der Waals surface area contributed by atoms with Gasteiger partial charge >= 0.3 is 0 Å². The Morgan fingerprint density at radius 3 is 2.54 bits per heavy atom. The van der Waals surface area contributed by atoms with Crippen LogP contribution in [-0.4, -0.2) is 19.1 Å². The topological polar surface area (TPSA) is 47.6 Å². The van der Waals surface area contributed by atoms with E-state index in [1.807, 2.05) is 12.1 Å². The van der Waals surface area contributed by atoms with E-state index in [0.29, 0.717) is 30.3 Å². The Balaban J connectivity index is 1.58. The van der Waals surface area contributed by atoms with Crippen LogP contribution < -0.4 is 14.8 Å². The molecule has 2 aromatic rings. The first-order valence-electron chi connectivity index (χ1n) is 8.15. The van der Waals surface area contributed by atoms with E-state index in [1.54, 1.807) is 18.2 Å². The number of carbonyl (C=O) groups excluding carboxylic acids is 1. The highest BCUT2D eigenvalue weighted by Crippen LogP contribution is 2.42. The van der Waals surface area contributed by atoms with Crippen LogP contribution in [0.1, 0.15) is 35.2 Å². The molecule has 1 saturated carbocycles. The molecule has 24 heavy (non-hydrogen) atoms. The maximum Gasteiger partial charge on any atom is 0.252 e. The van der Waals surface area contributed by atoms with Crippen LogP contribution in [0.2, 0.25) is 0 Å². The van der Waals surface area contributed by atoms with E-state index < -0.39 is 0 Å². The number of carbonyl (C=O) groups is 1. The molecule has 5 heteroatoms. The summed E-state index contributed by atoms with van der Waals surface area (Å²) in [5.41, 5.74) is 1.48. The fourth-order valence-corrected chi connectivity index (χ4v) is 3.68. The molecule has 4 nitrogen and oxygen atoms in total. The second kappa shape index (κ2) is 6.13. The molecule has 0 atom stereocenters. The summed E-state index contributed by atoms with van der Waals surface area (Å²) in [6, 6.07) is 13.5. The average molecular weight is 388 g/mol. The minimum absolute atomic E-state index is 0.0772. The number of nitrogens with one attached hydrogen (secondary N) is 1. The van der Waals surface area contributed by atoms with Crippen molar-refractivity contribution in [2.24, 2.45) is 0 Å². The van der Waals surface area contributed by atoms with Gasteiger partial charge in [0.25, 0.3) is 5.91 Å². The minimum atomic E-state index is -0.270. The summed E-state index contributed by atoms with van der Waals surface area (Å²) in [5.74, 6) is 1.26. The lowest BCUT2D eigenvalue weighted by atomic mass is 9.71. The average Bonchev–Trinajstić information content (AvgIpc) is 2.57. The number of rotatable bonds is 3. The molecule has 1 aliphatic heterocycles. The zero-order valence-electron chi connectivity index (χ0n) is 13.2. The van der Waals surface area contributed by atoms with Gasteiger partial charge in [0.2, 0.25) is 0 Å². The molecular formula is C19H18BrNO3. The smallest absolute Gasteiger partial charge is 0.252 e. The fourth-order valence-electron chi connectivity index (χ4n) is 3.28. The molecule has 0 radical (unpaired) electrons. The number of halogens is 1. The number of ether oxygens (including phenoxy) is 2. The van der Waals surface area contributed by atoms with Crippen LogP contribution in [0, 0.1) is 0 Å². The van der Waals surface area contributed by atoms with E-state index in [2.05, 4.69) is 33.4 Å². The first-order chi connectivity index (χ1) is 11.7. The van der Waals surface area contributed by atoms with Crippen molar-refractivity contribution in [1.29, 1.82) is 0 Å². The number of amides is 1. The molecule has 2 aliphatic rings. The van der Waals surface area contributed by atoms with E-state index in [-0.39, 0.29) is 11.4 Å². The summed E-state index contributed by atoms with van der Waals surface area (Å²) in [7, 11) is 0. The van der Waals surface area contributed by atoms with Crippen molar-refractivity contribution in [3.8, 4) is 11.5 Å². The molecule has 1 aliphatic carbocycles. The lowest BCUT2D eigenvalue weighted by molar-refractivity contribution is 0.0822. The van der Waals surface area contributed by atoms with E-state index in [1.165, 1.54) is 0 Å². The summed E-state index contributed by atoms with van der Waals surface area (Å²) in [6.45, 7) is 1.06. The molecule has 1 amide bonds. The Bertz CT molecular complexity index is 786. The molecule has 0 aromatic heterocycles. The quantitative estimate of drug-likeness (QED) is 0.864. The zero-order chi connectivity index (χ0) is 16.6. The third-order valence-corrected chi connectivity index (χ3v) is 5.23. The largest absolute Gasteiger partial charge is 0.486 e. The van der Waals surface area contributed by atoms with Crippen molar-refractivity contribution in [3.05, 3.63) is 58.1 Å². The van der Waals surface area contributed by atoms with Gasteiger partial charge in [0.05, 0.1) is 5.54 Å². The van der Waals surface area contributed by atoms with Crippen molar-refractivity contribution in [1.82, 2.24) is 5.32 Å². The monoisotopic (exact) mass is 387 g/mol. The predicted molar refractivity (Wildman–Crippen MR) is 94.6 cm³/mol. The van der Waals surface area contributed by atoms with Gasteiger partial charge in [0.1, 0.15) is 13.2 Å². The normalized spacial score (nSPS) is 17.7. The van der Waals surface area contributed by atoms with E-state index in [4.69, 9.17) is 9.47 Å². The van der Waals surface area contributed by atoms with Crippen LogP contribution in [0.5, 0.6) is 11.5 Å². The van der Waals surface area contributed by atoms with Crippen molar-refractivity contribution in [2.75, 3.05) is 13.2 Å². The highest BCUT2D eigenvalue weighted by molar-refractivity contribution is 9.10. The Morgan fingerprint density at radius 2 is 1.83 bits per heavy atom. The molecule has 124 valence electrons. The summed E-state index contributed by atoms with van der Waals surface area (Å²) in [6.07, 6.45) is 3.04. The zero-order valence-corrected chi connectivity index (χ0v) is 14.8. The maximum absolute atomic E-state index is 12.8. The highest BCUT2D eigenvalue weighted by atomic mass is 79.9. The SMILES string of the molecule is O=C(NC1(c2cccc(Br)c2)CCC1)c1ccc2c(c1)OCCO2. The van der Waals surface area contributed by atoms with Crippen LogP contribution >= 0.6 is 15.9 Å². The molecule has 1 fully saturated rings. The van der Waals surface area contributed by atoms with Crippen LogP contribution in [0.25, 0.3) is 0 Å². The van der Waals surface area contributed by atoms with Gasteiger partial charge in [0, 0.05) is 10.0 Å². The first-order valence-corrected chi connectivity index (χ1v) is 8.94. The number of fused-ring (bicyclic) bond motifs is 1. The molecule has 4 rings (SSSR count). The molecule has 2 aromatic carbocycles. The molecule has 1 heterocycles. The van der Waals surface area contributed by atoms with Crippen LogP contribution in [0.3, 0.4) is 0 Å². The summed E-state index contributed by atoms with van der Waals surface area (Å²) >= 11 is 3.52. The van der Waals surface area contributed by atoms with Crippen molar-refractivity contribution >= 4 is 21.8 Å². The van der Waals surface area contributed by atoms with Crippen molar-refractivity contribution < 1.29 is 14.3 Å². The maximum atomic E-state index is 12.8. The molecule has 0 spiro atoms. The standard InChI is InChI=1S/C19H18BrNO3/c20-15-4-1-3-14(12-15)19(7-2-8-19)21-18(22)13-5-6-16-17(11-13)24-10-9-23-16/h1,3-6,11-12H,2,7-10H2,(H,21,22). The lowest BCUT2D eigenvalue weighted by Gasteiger charge is -2.43. The molecular weight excluding hydrogens is 370 g/mol. The molecule has 0 unspecified atom stereocenters.